The molecule has 0 aliphatic carbocycles. The van der Waals surface area contributed by atoms with E-state index in [4.69, 9.17) is 0 Å². The van der Waals surface area contributed by atoms with Gasteiger partial charge in [0.05, 0.1) is 11.4 Å². The first kappa shape index (κ1) is 20.4. The van der Waals surface area contributed by atoms with Crippen LogP contribution in [0.1, 0.15) is 15.9 Å². The Kier molecular flexibility index (Phi) is 5.29. The van der Waals surface area contributed by atoms with Gasteiger partial charge in [-0.3, -0.25) is 9.36 Å². The van der Waals surface area contributed by atoms with Crippen molar-refractivity contribution in [3.63, 3.8) is 0 Å². The first-order valence-corrected chi connectivity index (χ1v) is 10.5. The van der Waals surface area contributed by atoms with E-state index in [2.05, 4.69) is 4.98 Å². The lowest BCUT2D eigenvalue weighted by Gasteiger charge is -2.04. The van der Waals surface area contributed by atoms with Gasteiger partial charge in [0.25, 0.3) is 0 Å². The summed E-state index contributed by atoms with van der Waals surface area (Å²) in [6, 6.07) is 26.8. The first-order valence-electron chi connectivity index (χ1n) is 10.5. The molecule has 5 heteroatoms. The predicted molar refractivity (Wildman–Crippen MR) is 129 cm³/mol. The van der Waals surface area contributed by atoms with Crippen LogP contribution in [0.25, 0.3) is 33.8 Å². The molecule has 0 aliphatic heterocycles. The van der Waals surface area contributed by atoms with E-state index in [1.54, 1.807) is 48.7 Å². The molecule has 1 heterocycles. The lowest BCUT2D eigenvalue weighted by molar-refractivity contribution is 0.104. The zero-order valence-corrected chi connectivity index (χ0v) is 17.5. The highest BCUT2D eigenvalue weighted by atomic mass is 19.1. The van der Waals surface area contributed by atoms with Crippen LogP contribution < -0.4 is 5.69 Å². The van der Waals surface area contributed by atoms with E-state index >= 15 is 0 Å². The lowest BCUT2D eigenvalue weighted by atomic mass is 10.1. The van der Waals surface area contributed by atoms with Crippen molar-refractivity contribution in [2.24, 2.45) is 0 Å². The fourth-order valence-electron chi connectivity index (χ4n) is 3.74. The van der Waals surface area contributed by atoms with Crippen LogP contribution in [0.4, 0.5) is 4.39 Å². The number of rotatable bonds is 5. The summed E-state index contributed by atoms with van der Waals surface area (Å²) in [5.74, 6) is -0.536. The van der Waals surface area contributed by atoms with Gasteiger partial charge in [0, 0.05) is 17.3 Å². The van der Waals surface area contributed by atoms with Gasteiger partial charge in [0.1, 0.15) is 5.82 Å². The van der Waals surface area contributed by atoms with Gasteiger partial charge in [-0.15, -0.1) is 0 Å². The van der Waals surface area contributed by atoms with Gasteiger partial charge >= 0.3 is 5.69 Å². The second-order valence-electron chi connectivity index (χ2n) is 7.70. The average Bonchev–Trinajstić information content (AvgIpc) is 3.25. The van der Waals surface area contributed by atoms with Crippen molar-refractivity contribution in [3.05, 3.63) is 131 Å². The molecule has 33 heavy (non-hydrogen) atoms. The summed E-state index contributed by atoms with van der Waals surface area (Å²) in [6.07, 6.45) is 4.81. The minimum absolute atomic E-state index is 0.209. The van der Waals surface area contributed by atoms with Gasteiger partial charge in [0.15, 0.2) is 5.78 Å². The third-order valence-electron chi connectivity index (χ3n) is 5.49. The lowest BCUT2D eigenvalue weighted by Crippen LogP contribution is -2.14. The maximum atomic E-state index is 13.0. The highest BCUT2D eigenvalue weighted by molar-refractivity contribution is 6.07. The molecule has 0 bridgehead atoms. The zero-order chi connectivity index (χ0) is 22.8. The van der Waals surface area contributed by atoms with Crippen LogP contribution in [-0.2, 0) is 0 Å². The van der Waals surface area contributed by atoms with Gasteiger partial charge in [-0.2, -0.15) is 0 Å². The maximum absolute atomic E-state index is 13.0. The number of carbonyl (C=O) groups is 1. The molecule has 5 rings (SSSR count). The Bertz CT molecular complexity index is 1560. The Morgan fingerprint density at radius 1 is 0.848 bits per heavy atom. The summed E-state index contributed by atoms with van der Waals surface area (Å²) in [5, 5.41) is 2.21. The van der Waals surface area contributed by atoms with E-state index in [9.17, 15) is 14.0 Å². The normalized spacial score (nSPS) is 11.3. The predicted octanol–water partition coefficient (Wildman–Crippen LogP) is 6.02. The van der Waals surface area contributed by atoms with Crippen LogP contribution >= 0.6 is 0 Å². The van der Waals surface area contributed by atoms with Crippen molar-refractivity contribution in [1.29, 1.82) is 0 Å². The van der Waals surface area contributed by atoms with E-state index in [0.717, 1.165) is 21.9 Å². The Balaban J connectivity index is 1.43. The fraction of sp³-hybridized carbons (Fsp3) is 0. The number of nitrogens with one attached hydrogen (secondary N) is 1. The quantitative estimate of drug-likeness (QED) is 0.272. The van der Waals surface area contributed by atoms with Crippen LogP contribution in [-0.4, -0.2) is 15.3 Å². The van der Waals surface area contributed by atoms with Crippen LogP contribution in [0.3, 0.4) is 0 Å². The number of hydrogen-bond acceptors (Lipinski definition) is 2. The number of benzene rings is 4. The topological polar surface area (TPSA) is 54.9 Å². The molecule has 1 N–H and O–H groups in total. The van der Waals surface area contributed by atoms with Crippen molar-refractivity contribution in [2.45, 2.75) is 0 Å². The molecule has 0 unspecified atom stereocenters. The number of fused-ring (bicyclic) bond motifs is 1. The van der Waals surface area contributed by atoms with E-state index in [-0.39, 0.29) is 17.3 Å². The summed E-state index contributed by atoms with van der Waals surface area (Å²) in [7, 11) is 0. The molecule has 0 amide bonds. The number of nitrogens with zero attached hydrogens (tertiary/aromatic N) is 1. The largest absolute Gasteiger partial charge is 0.330 e. The second-order valence-corrected chi connectivity index (χ2v) is 7.70. The minimum Gasteiger partial charge on any atom is -0.305 e. The molecule has 0 saturated carbocycles. The summed E-state index contributed by atoms with van der Waals surface area (Å²) in [4.78, 5) is 28.2. The van der Waals surface area contributed by atoms with Gasteiger partial charge < -0.3 is 4.98 Å². The fourth-order valence-corrected chi connectivity index (χ4v) is 3.74. The Labute approximate surface area is 189 Å². The molecule has 5 aromatic rings. The van der Waals surface area contributed by atoms with E-state index in [1.807, 2.05) is 42.5 Å². The number of H-pyrrole nitrogens is 1. The van der Waals surface area contributed by atoms with Gasteiger partial charge in [-0.25, -0.2) is 9.18 Å². The second kappa shape index (κ2) is 8.55. The number of hydrogen-bond donors (Lipinski definition) is 1. The van der Waals surface area contributed by atoms with E-state index < -0.39 is 0 Å². The van der Waals surface area contributed by atoms with Crippen LogP contribution in [0.5, 0.6) is 0 Å². The standard InChI is InChI=1S/C28H19FN2O2/c29-24-13-8-19(9-14-24)10-15-27(32)23-6-3-7-25(17-23)31-18-26(30-28(31)33)22-12-11-20-4-1-2-5-21(20)16-22/h1-18H,(H,30,33). The molecule has 0 aliphatic rings. The third-order valence-corrected chi connectivity index (χ3v) is 5.49. The molecular formula is C28H19FN2O2. The van der Waals surface area contributed by atoms with Gasteiger partial charge in [-0.1, -0.05) is 66.7 Å². The number of aromatic nitrogens is 2. The highest BCUT2D eigenvalue weighted by Gasteiger charge is 2.10. The number of carbonyl (C=O) groups excluding carboxylic acids is 1. The maximum Gasteiger partial charge on any atom is 0.330 e. The summed E-state index contributed by atoms with van der Waals surface area (Å²) in [5.41, 5.74) is 3.07. The molecular weight excluding hydrogens is 415 g/mol. The first-order chi connectivity index (χ1) is 16.1. The third kappa shape index (κ3) is 4.29. The summed E-state index contributed by atoms with van der Waals surface area (Å²) >= 11 is 0. The van der Waals surface area contributed by atoms with Gasteiger partial charge in [0.2, 0.25) is 0 Å². The summed E-state index contributed by atoms with van der Waals surface area (Å²) < 4.78 is 14.5. The Morgan fingerprint density at radius 2 is 1.64 bits per heavy atom. The zero-order valence-electron chi connectivity index (χ0n) is 17.5. The van der Waals surface area contributed by atoms with Crippen molar-refractivity contribution >= 4 is 22.6 Å². The van der Waals surface area contributed by atoms with Crippen LogP contribution in [0.2, 0.25) is 0 Å². The smallest absolute Gasteiger partial charge is 0.305 e. The van der Waals surface area contributed by atoms with E-state index in [0.29, 0.717) is 16.9 Å². The average molecular weight is 434 g/mol. The van der Waals surface area contributed by atoms with Crippen molar-refractivity contribution in [3.8, 4) is 16.9 Å². The van der Waals surface area contributed by atoms with Crippen LogP contribution in [0.15, 0.2) is 108 Å². The molecule has 160 valence electrons. The number of halogens is 1. The molecule has 0 saturated heterocycles. The molecule has 4 nitrogen and oxygen atoms in total. The van der Waals surface area contributed by atoms with Gasteiger partial charge in [-0.05, 0) is 52.7 Å². The molecule has 0 radical (unpaired) electrons. The SMILES string of the molecule is O=C(C=Cc1ccc(F)cc1)c1cccc(-n2cc(-c3ccc4ccccc4c3)[nH]c2=O)c1. The minimum atomic E-state index is -0.328. The number of aromatic amines is 1. The number of ketones is 1. The molecule has 4 aromatic carbocycles. The molecule has 0 atom stereocenters. The molecule has 0 spiro atoms. The Hall–Kier alpha value is -4.51. The van der Waals surface area contributed by atoms with Crippen molar-refractivity contribution < 1.29 is 9.18 Å². The van der Waals surface area contributed by atoms with E-state index in [1.165, 1.54) is 22.8 Å². The molecule has 0 fully saturated rings. The molecule has 1 aromatic heterocycles. The Morgan fingerprint density at radius 3 is 2.45 bits per heavy atom. The highest BCUT2D eigenvalue weighted by Crippen LogP contribution is 2.23. The van der Waals surface area contributed by atoms with Crippen molar-refractivity contribution in [2.75, 3.05) is 0 Å². The summed E-state index contributed by atoms with van der Waals surface area (Å²) in [6.45, 7) is 0. The number of allylic oxidation sites excluding steroid dienone is 1. The van der Waals surface area contributed by atoms with Crippen LogP contribution in [0, 0.1) is 5.82 Å². The monoisotopic (exact) mass is 434 g/mol. The van der Waals surface area contributed by atoms with Crippen molar-refractivity contribution in [1.82, 2.24) is 9.55 Å². The number of imidazole rings is 1.